The van der Waals surface area contributed by atoms with Gasteiger partial charge in [0.15, 0.2) is 4.80 Å². The van der Waals surface area contributed by atoms with Gasteiger partial charge in [0.2, 0.25) is 5.91 Å². The van der Waals surface area contributed by atoms with E-state index in [1.807, 2.05) is 34.5 Å². The maximum absolute atomic E-state index is 13.9. The van der Waals surface area contributed by atoms with Crippen LogP contribution in [0.2, 0.25) is 10.0 Å². The molecule has 1 fully saturated rings. The lowest BCUT2D eigenvalue weighted by Gasteiger charge is -2.16. The van der Waals surface area contributed by atoms with Gasteiger partial charge in [-0.2, -0.15) is 0 Å². The van der Waals surface area contributed by atoms with Crippen molar-refractivity contribution in [2.45, 2.75) is 25.8 Å². The third-order valence-electron chi connectivity index (χ3n) is 5.05. The molecule has 8 heteroatoms. The summed E-state index contributed by atoms with van der Waals surface area (Å²) in [6, 6.07) is 12.2. The van der Waals surface area contributed by atoms with Crippen LogP contribution < -0.4 is 4.80 Å². The van der Waals surface area contributed by atoms with Gasteiger partial charge in [-0.3, -0.25) is 4.79 Å². The highest BCUT2D eigenvalue weighted by Gasteiger charge is 2.19. The maximum atomic E-state index is 13.9. The van der Waals surface area contributed by atoms with Gasteiger partial charge >= 0.3 is 0 Å². The van der Waals surface area contributed by atoms with Gasteiger partial charge < -0.3 is 9.47 Å². The molecule has 0 aliphatic carbocycles. The van der Waals surface area contributed by atoms with E-state index in [0.717, 1.165) is 42.0 Å². The van der Waals surface area contributed by atoms with Gasteiger partial charge in [0.05, 0.1) is 16.4 Å². The number of benzene rings is 2. The second kappa shape index (κ2) is 9.33. The van der Waals surface area contributed by atoms with Gasteiger partial charge in [-0.15, -0.1) is 11.3 Å². The average molecular weight is 464 g/mol. The second-order valence-corrected chi connectivity index (χ2v) is 8.79. The molecule has 0 bridgehead atoms. The minimum Gasteiger partial charge on any atom is -0.343 e. The molecule has 2 heterocycles. The fourth-order valence-electron chi connectivity index (χ4n) is 3.51. The fraction of sp³-hybridized carbons (Fsp3) is 0.273. The standard InChI is InChI=1S/C22H20Cl2FN3OS/c23-16-6-4-15(5-7-16)20-14-30-22(26-17-8-9-18(24)19(25)13-17)28(20)12-2-11-27-10-1-3-21(27)29/h4-9,13-14H,1-3,10-12H2. The molecule has 0 unspecified atom stereocenters. The second-order valence-electron chi connectivity index (χ2n) is 7.11. The van der Waals surface area contributed by atoms with Crippen LogP contribution in [0.3, 0.4) is 0 Å². The number of carbonyl (C=O) groups is 1. The van der Waals surface area contributed by atoms with Gasteiger partial charge in [-0.1, -0.05) is 35.3 Å². The molecule has 0 N–H and O–H groups in total. The largest absolute Gasteiger partial charge is 0.343 e. The zero-order valence-electron chi connectivity index (χ0n) is 16.2. The number of carbonyl (C=O) groups excluding carboxylic acids is 1. The molecule has 1 aliphatic heterocycles. The van der Waals surface area contributed by atoms with E-state index in [1.165, 1.54) is 23.5 Å². The molecular formula is C22H20Cl2FN3OS. The Bertz CT molecular complexity index is 1120. The SMILES string of the molecule is O=C1CCCN1CCCn1c(-c2ccc(Cl)cc2)csc1=Nc1ccc(Cl)c(F)c1. The first kappa shape index (κ1) is 21.1. The van der Waals surface area contributed by atoms with Gasteiger partial charge in [-0.05, 0) is 42.7 Å². The molecule has 1 aromatic heterocycles. The summed E-state index contributed by atoms with van der Waals surface area (Å²) in [6.07, 6.45) is 2.39. The topological polar surface area (TPSA) is 37.6 Å². The monoisotopic (exact) mass is 463 g/mol. The molecule has 0 atom stereocenters. The number of rotatable bonds is 6. The van der Waals surface area contributed by atoms with Crippen LogP contribution in [0.1, 0.15) is 19.3 Å². The maximum Gasteiger partial charge on any atom is 0.222 e. The van der Waals surface area contributed by atoms with Crippen LogP contribution in [-0.2, 0) is 11.3 Å². The Morgan fingerprint density at radius 1 is 1.10 bits per heavy atom. The van der Waals surface area contributed by atoms with E-state index >= 15 is 0 Å². The normalized spacial score (nSPS) is 14.7. The highest BCUT2D eigenvalue weighted by atomic mass is 35.5. The molecule has 156 valence electrons. The Hall–Kier alpha value is -2.15. The molecule has 1 aliphatic rings. The van der Waals surface area contributed by atoms with Crippen LogP contribution in [0, 0.1) is 5.82 Å². The van der Waals surface area contributed by atoms with E-state index in [4.69, 9.17) is 23.2 Å². The zero-order chi connectivity index (χ0) is 21.1. The third-order valence-corrected chi connectivity index (χ3v) is 6.47. The first-order chi connectivity index (χ1) is 14.5. The van der Waals surface area contributed by atoms with E-state index in [-0.39, 0.29) is 10.9 Å². The van der Waals surface area contributed by atoms with E-state index in [9.17, 15) is 9.18 Å². The zero-order valence-corrected chi connectivity index (χ0v) is 18.5. The van der Waals surface area contributed by atoms with Crippen LogP contribution >= 0.6 is 34.5 Å². The minimum atomic E-state index is -0.494. The number of thiazole rings is 1. The van der Waals surface area contributed by atoms with Crippen molar-refractivity contribution in [1.29, 1.82) is 0 Å². The number of hydrogen-bond donors (Lipinski definition) is 0. The Balaban J connectivity index is 1.66. The quantitative estimate of drug-likeness (QED) is 0.447. The Morgan fingerprint density at radius 2 is 1.90 bits per heavy atom. The summed E-state index contributed by atoms with van der Waals surface area (Å²) in [7, 11) is 0. The third kappa shape index (κ3) is 4.77. The molecule has 30 heavy (non-hydrogen) atoms. The van der Waals surface area contributed by atoms with Crippen molar-refractivity contribution in [2.75, 3.05) is 13.1 Å². The van der Waals surface area contributed by atoms with Crippen LogP contribution in [0.4, 0.5) is 10.1 Å². The molecule has 1 saturated heterocycles. The first-order valence-corrected chi connectivity index (χ1v) is 11.4. The molecule has 4 rings (SSSR count). The first-order valence-electron chi connectivity index (χ1n) is 9.73. The number of likely N-dealkylation sites (tertiary alicyclic amines) is 1. The number of halogens is 3. The van der Waals surface area contributed by atoms with Crippen LogP contribution in [0.5, 0.6) is 0 Å². The smallest absolute Gasteiger partial charge is 0.222 e. The van der Waals surface area contributed by atoms with Crippen molar-refractivity contribution in [1.82, 2.24) is 9.47 Å². The van der Waals surface area contributed by atoms with E-state index in [2.05, 4.69) is 9.56 Å². The molecule has 1 amide bonds. The van der Waals surface area contributed by atoms with E-state index in [0.29, 0.717) is 23.7 Å². The minimum absolute atomic E-state index is 0.0742. The lowest BCUT2D eigenvalue weighted by molar-refractivity contribution is -0.127. The summed E-state index contributed by atoms with van der Waals surface area (Å²) >= 11 is 13.3. The number of amides is 1. The van der Waals surface area contributed by atoms with Crippen molar-refractivity contribution in [3.63, 3.8) is 0 Å². The van der Waals surface area contributed by atoms with Crippen molar-refractivity contribution in [3.8, 4) is 11.3 Å². The molecule has 3 aromatic rings. The number of nitrogens with zero attached hydrogens (tertiary/aromatic N) is 3. The Labute approximate surface area is 188 Å². The van der Waals surface area contributed by atoms with Gasteiger partial charge in [0.1, 0.15) is 5.82 Å². The number of aromatic nitrogens is 1. The van der Waals surface area contributed by atoms with Crippen molar-refractivity contribution >= 4 is 46.1 Å². The predicted octanol–water partition coefficient (Wildman–Crippen LogP) is 5.91. The summed E-state index contributed by atoms with van der Waals surface area (Å²) < 4.78 is 16.0. The van der Waals surface area contributed by atoms with E-state index in [1.54, 1.807) is 6.07 Å². The summed E-state index contributed by atoms with van der Waals surface area (Å²) in [5.41, 5.74) is 2.54. The van der Waals surface area contributed by atoms with Crippen LogP contribution in [0.25, 0.3) is 11.3 Å². The van der Waals surface area contributed by atoms with Gasteiger partial charge in [0, 0.05) is 42.5 Å². The lowest BCUT2D eigenvalue weighted by Crippen LogP contribution is -2.27. The highest BCUT2D eigenvalue weighted by molar-refractivity contribution is 7.07. The summed E-state index contributed by atoms with van der Waals surface area (Å²) in [5.74, 6) is -0.267. The molecule has 0 radical (unpaired) electrons. The lowest BCUT2D eigenvalue weighted by atomic mass is 10.2. The van der Waals surface area contributed by atoms with Crippen LogP contribution in [-0.4, -0.2) is 28.5 Å². The summed E-state index contributed by atoms with van der Waals surface area (Å²) in [6.45, 7) is 2.25. The van der Waals surface area contributed by atoms with Crippen molar-refractivity contribution in [2.24, 2.45) is 4.99 Å². The average Bonchev–Trinajstić information content (AvgIpc) is 3.32. The van der Waals surface area contributed by atoms with Crippen molar-refractivity contribution in [3.05, 3.63) is 68.5 Å². The number of hydrogen-bond acceptors (Lipinski definition) is 3. The summed E-state index contributed by atoms with van der Waals surface area (Å²) in [4.78, 5) is 19.2. The Kier molecular flexibility index (Phi) is 6.56. The molecular weight excluding hydrogens is 444 g/mol. The summed E-state index contributed by atoms with van der Waals surface area (Å²) in [5, 5.41) is 2.79. The van der Waals surface area contributed by atoms with Crippen LogP contribution in [0.15, 0.2) is 52.8 Å². The van der Waals surface area contributed by atoms with Gasteiger partial charge in [-0.25, -0.2) is 9.38 Å². The van der Waals surface area contributed by atoms with Crippen molar-refractivity contribution < 1.29 is 9.18 Å². The van der Waals surface area contributed by atoms with E-state index < -0.39 is 5.82 Å². The molecule has 2 aromatic carbocycles. The Morgan fingerprint density at radius 3 is 2.60 bits per heavy atom. The predicted molar refractivity (Wildman–Crippen MR) is 120 cm³/mol. The van der Waals surface area contributed by atoms with Gasteiger partial charge in [0.25, 0.3) is 0 Å². The highest BCUT2D eigenvalue weighted by Crippen LogP contribution is 2.24. The fourth-order valence-corrected chi connectivity index (χ4v) is 4.71. The molecule has 0 saturated carbocycles. The molecule has 4 nitrogen and oxygen atoms in total. The molecule has 0 spiro atoms.